The van der Waals surface area contributed by atoms with E-state index in [2.05, 4.69) is 0 Å². The van der Waals surface area contributed by atoms with E-state index in [1.165, 1.54) is 0 Å². The fourth-order valence-corrected chi connectivity index (χ4v) is 1.85. The summed E-state index contributed by atoms with van der Waals surface area (Å²) in [6.45, 7) is 9.73. The summed E-state index contributed by atoms with van der Waals surface area (Å²) in [6, 6.07) is 0. The molecule has 0 fully saturated rings. The molecule has 2 N–H and O–H groups in total. The Labute approximate surface area is 86.0 Å². The van der Waals surface area contributed by atoms with E-state index in [0.717, 1.165) is 11.1 Å². The van der Waals surface area contributed by atoms with Gasteiger partial charge >= 0.3 is 0 Å². The second-order valence-electron chi connectivity index (χ2n) is 5.47. The van der Waals surface area contributed by atoms with Gasteiger partial charge in [-0.25, -0.2) is 0 Å². The highest BCUT2D eigenvalue weighted by molar-refractivity contribution is 5.39. The lowest BCUT2D eigenvalue weighted by Crippen LogP contribution is -2.29. The van der Waals surface area contributed by atoms with E-state index in [1.54, 1.807) is 13.0 Å². The van der Waals surface area contributed by atoms with Crippen LogP contribution in [0.4, 0.5) is 0 Å². The van der Waals surface area contributed by atoms with Crippen molar-refractivity contribution in [3.8, 4) is 0 Å². The summed E-state index contributed by atoms with van der Waals surface area (Å²) < 4.78 is 0. The van der Waals surface area contributed by atoms with Gasteiger partial charge in [0.15, 0.2) is 0 Å². The lowest BCUT2D eigenvalue weighted by atomic mass is 9.76. The molecule has 80 valence electrons. The Balaban J connectivity index is 3.20. The smallest absolute Gasteiger partial charge is 0.118 e. The molecular formula is C12H20O2. The van der Waals surface area contributed by atoms with Crippen molar-refractivity contribution >= 4 is 0 Å². The second kappa shape index (κ2) is 3.13. The monoisotopic (exact) mass is 196 g/mol. The molecule has 1 aliphatic rings. The molecule has 0 bridgehead atoms. The molecule has 0 amide bonds. The highest BCUT2D eigenvalue weighted by Crippen LogP contribution is 2.38. The normalized spacial score (nSPS) is 29.1. The second-order valence-corrected chi connectivity index (χ2v) is 5.47. The summed E-state index contributed by atoms with van der Waals surface area (Å²) in [5.74, 6) is 0.351. The molecule has 1 aliphatic carbocycles. The predicted molar refractivity (Wildman–Crippen MR) is 58.1 cm³/mol. The highest BCUT2D eigenvalue weighted by Gasteiger charge is 2.32. The van der Waals surface area contributed by atoms with Gasteiger partial charge in [0, 0.05) is 6.42 Å². The first-order valence-electron chi connectivity index (χ1n) is 4.98. The zero-order valence-corrected chi connectivity index (χ0v) is 9.68. The van der Waals surface area contributed by atoms with Crippen LogP contribution in [0.3, 0.4) is 0 Å². The van der Waals surface area contributed by atoms with Crippen LogP contribution >= 0.6 is 0 Å². The van der Waals surface area contributed by atoms with Crippen molar-refractivity contribution in [3.63, 3.8) is 0 Å². The van der Waals surface area contributed by atoms with E-state index in [9.17, 15) is 10.2 Å². The van der Waals surface area contributed by atoms with Crippen LogP contribution in [0.5, 0.6) is 0 Å². The Kier molecular flexibility index (Phi) is 2.53. The Morgan fingerprint density at radius 3 is 2.29 bits per heavy atom. The lowest BCUT2D eigenvalue weighted by Gasteiger charge is -2.33. The van der Waals surface area contributed by atoms with E-state index < -0.39 is 5.60 Å². The summed E-state index contributed by atoms with van der Waals surface area (Å²) in [5, 5.41) is 19.9. The first kappa shape index (κ1) is 11.3. The molecule has 0 aromatic carbocycles. The molecule has 0 heterocycles. The van der Waals surface area contributed by atoms with E-state index in [1.807, 2.05) is 27.7 Å². The SMILES string of the molecule is CC1=C(O)C(C(C)(C)C)=CC(C)(O)C1. The van der Waals surface area contributed by atoms with Crippen LogP contribution in [0.15, 0.2) is 23.0 Å². The minimum absolute atomic E-state index is 0.129. The average Bonchev–Trinajstić information content (AvgIpc) is 1.93. The Morgan fingerprint density at radius 2 is 1.86 bits per heavy atom. The minimum atomic E-state index is -0.821. The van der Waals surface area contributed by atoms with Gasteiger partial charge in [-0.1, -0.05) is 20.8 Å². The minimum Gasteiger partial charge on any atom is -0.508 e. The number of hydrogen-bond acceptors (Lipinski definition) is 2. The van der Waals surface area contributed by atoms with Gasteiger partial charge in [-0.05, 0) is 36.5 Å². The van der Waals surface area contributed by atoms with Crippen LogP contribution in [0.2, 0.25) is 0 Å². The van der Waals surface area contributed by atoms with E-state index in [0.29, 0.717) is 12.2 Å². The van der Waals surface area contributed by atoms with Crippen molar-refractivity contribution in [1.82, 2.24) is 0 Å². The van der Waals surface area contributed by atoms with E-state index >= 15 is 0 Å². The van der Waals surface area contributed by atoms with Crippen molar-refractivity contribution in [2.45, 2.75) is 46.6 Å². The Hall–Kier alpha value is -0.760. The van der Waals surface area contributed by atoms with Crippen molar-refractivity contribution < 1.29 is 10.2 Å². The third kappa shape index (κ3) is 2.18. The molecule has 0 aliphatic heterocycles. The number of allylic oxidation sites excluding steroid dienone is 1. The van der Waals surface area contributed by atoms with Gasteiger partial charge in [-0.15, -0.1) is 0 Å². The predicted octanol–water partition coefficient (Wildman–Crippen LogP) is 2.95. The number of aliphatic hydroxyl groups is 2. The largest absolute Gasteiger partial charge is 0.508 e. The first-order chi connectivity index (χ1) is 6.13. The fraction of sp³-hybridized carbons (Fsp3) is 0.667. The number of aliphatic hydroxyl groups excluding tert-OH is 1. The molecule has 2 heteroatoms. The average molecular weight is 196 g/mol. The van der Waals surface area contributed by atoms with E-state index in [4.69, 9.17) is 0 Å². The standard InChI is InChI=1S/C12H20O2/c1-8-6-12(5,14)7-9(10(8)13)11(2,3)4/h7,13-14H,6H2,1-5H3. The van der Waals surface area contributed by atoms with Crippen molar-refractivity contribution in [2.75, 3.05) is 0 Å². The van der Waals surface area contributed by atoms with Gasteiger partial charge in [0.05, 0.1) is 5.60 Å². The third-order valence-electron chi connectivity index (χ3n) is 2.55. The summed E-state index contributed by atoms with van der Waals surface area (Å²) in [5.41, 5.74) is 0.753. The number of rotatable bonds is 0. The van der Waals surface area contributed by atoms with Crippen molar-refractivity contribution in [3.05, 3.63) is 23.0 Å². The van der Waals surface area contributed by atoms with Crippen LogP contribution in [-0.2, 0) is 0 Å². The Bertz CT molecular complexity index is 298. The van der Waals surface area contributed by atoms with Gasteiger partial charge in [-0.3, -0.25) is 0 Å². The zero-order chi connectivity index (χ0) is 11.1. The maximum atomic E-state index is 9.97. The molecule has 1 unspecified atom stereocenters. The summed E-state index contributed by atoms with van der Waals surface area (Å²) in [6.07, 6.45) is 2.29. The maximum Gasteiger partial charge on any atom is 0.118 e. The molecule has 0 aromatic heterocycles. The van der Waals surface area contributed by atoms with Gasteiger partial charge in [0.1, 0.15) is 5.76 Å². The van der Waals surface area contributed by atoms with E-state index in [-0.39, 0.29) is 5.41 Å². The Morgan fingerprint density at radius 1 is 1.36 bits per heavy atom. The summed E-state index contributed by atoms with van der Waals surface area (Å²) in [4.78, 5) is 0. The number of hydrogen-bond donors (Lipinski definition) is 2. The molecule has 1 atom stereocenters. The van der Waals surface area contributed by atoms with Crippen LogP contribution in [-0.4, -0.2) is 15.8 Å². The molecular weight excluding hydrogens is 176 g/mol. The quantitative estimate of drug-likeness (QED) is 0.625. The maximum absolute atomic E-state index is 9.97. The van der Waals surface area contributed by atoms with Gasteiger partial charge in [0.2, 0.25) is 0 Å². The third-order valence-corrected chi connectivity index (χ3v) is 2.55. The van der Waals surface area contributed by atoms with Crippen LogP contribution in [0.25, 0.3) is 0 Å². The molecule has 1 rings (SSSR count). The molecule has 0 aromatic rings. The topological polar surface area (TPSA) is 40.5 Å². The highest BCUT2D eigenvalue weighted by atomic mass is 16.3. The first-order valence-corrected chi connectivity index (χ1v) is 4.98. The lowest BCUT2D eigenvalue weighted by molar-refractivity contribution is 0.104. The van der Waals surface area contributed by atoms with Gasteiger partial charge in [0.25, 0.3) is 0 Å². The molecule has 0 spiro atoms. The van der Waals surface area contributed by atoms with Gasteiger partial charge in [-0.2, -0.15) is 0 Å². The van der Waals surface area contributed by atoms with Crippen molar-refractivity contribution in [1.29, 1.82) is 0 Å². The molecule has 0 saturated heterocycles. The summed E-state index contributed by atoms with van der Waals surface area (Å²) >= 11 is 0. The zero-order valence-electron chi connectivity index (χ0n) is 9.68. The molecule has 14 heavy (non-hydrogen) atoms. The van der Waals surface area contributed by atoms with Crippen molar-refractivity contribution in [2.24, 2.45) is 5.41 Å². The van der Waals surface area contributed by atoms with Crippen LogP contribution < -0.4 is 0 Å². The molecule has 2 nitrogen and oxygen atoms in total. The van der Waals surface area contributed by atoms with Gasteiger partial charge < -0.3 is 10.2 Å². The molecule has 0 saturated carbocycles. The fourth-order valence-electron chi connectivity index (χ4n) is 1.85. The molecule has 0 radical (unpaired) electrons. The van der Waals surface area contributed by atoms with Crippen LogP contribution in [0.1, 0.15) is 41.0 Å². The summed E-state index contributed by atoms with van der Waals surface area (Å²) in [7, 11) is 0. The van der Waals surface area contributed by atoms with Crippen LogP contribution in [0, 0.1) is 5.41 Å².